The van der Waals surface area contributed by atoms with Crippen molar-refractivity contribution in [1.82, 2.24) is 5.43 Å². The van der Waals surface area contributed by atoms with Crippen LogP contribution in [0.5, 0.6) is 0 Å². The first-order valence-corrected chi connectivity index (χ1v) is 6.19. The molecule has 2 aromatic carbocycles. The van der Waals surface area contributed by atoms with E-state index < -0.39 is 0 Å². The highest BCUT2D eigenvalue weighted by molar-refractivity contribution is 6.00. The van der Waals surface area contributed by atoms with Gasteiger partial charge in [-0.15, -0.1) is 0 Å². The predicted octanol–water partition coefficient (Wildman–Crippen LogP) is 3.20. The first kappa shape index (κ1) is 12.2. The molecule has 0 saturated carbocycles. The van der Waals surface area contributed by atoms with E-state index in [1.54, 1.807) is 18.3 Å². The monoisotopic (exact) mass is 264 g/mol. The van der Waals surface area contributed by atoms with E-state index in [-0.39, 0.29) is 11.7 Å². The molecule has 4 heteroatoms. The lowest BCUT2D eigenvalue weighted by molar-refractivity contribution is 0.0927. The van der Waals surface area contributed by atoms with E-state index in [0.29, 0.717) is 0 Å². The highest BCUT2D eigenvalue weighted by Gasteiger charge is 2.05. The molecule has 98 valence electrons. The number of furan rings is 1. The summed E-state index contributed by atoms with van der Waals surface area (Å²) in [5.74, 6) is -0.133. The number of carbonyl (C=O) groups is 1. The van der Waals surface area contributed by atoms with Crippen molar-refractivity contribution in [2.75, 3.05) is 0 Å². The number of hydrogen-bond acceptors (Lipinski definition) is 3. The molecule has 0 aliphatic heterocycles. The molecular formula is C16H12N2O2. The topological polar surface area (TPSA) is 54.6 Å². The maximum Gasteiger partial charge on any atom is 0.307 e. The second-order valence-corrected chi connectivity index (χ2v) is 4.24. The highest BCUT2D eigenvalue weighted by Crippen LogP contribution is 2.16. The normalized spacial score (nSPS) is 11.0. The van der Waals surface area contributed by atoms with Crippen molar-refractivity contribution in [1.29, 1.82) is 0 Å². The van der Waals surface area contributed by atoms with Gasteiger partial charge in [0.15, 0.2) is 5.76 Å². The van der Waals surface area contributed by atoms with Gasteiger partial charge in [0, 0.05) is 5.56 Å². The van der Waals surface area contributed by atoms with Crippen LogP contribution < -0.4 is 5.43 Å². The smallest absolute Gasteiger partial charge is 0.307 e. The molecule has 4 nitrogen and oxygen atoms in total. The summed E-state index contributed by atoms with van der Waals surface area (Å²) in [4.78, 5) is 11.6. The van der Waals surface area contributed by atoms with Gasteiger partial charge in [-0.05, 0) is 22.9 Å². The first-order valence-electron chi connectivity index (χ1n) is 6.19. The Bertz CT molecular complexity index is 756. The zero-order chi connectivity index (χ0) is 13.8. The van der Waals surface area contributed by atoms with E-state index in [1.807, 2.05) is 42.5 Å². The van der Waals surface area contributed by atoms with Gasteiger partial charge in [-0.3, -0.25) is 4.79 Å². The molecule has 0 spiro atoms. The van der Waals surface area contributed by atoms with Crippen LogP contribution in [-0.4, -0.2) is 12.1 Å². The summed E-state index contributed by atoms with van der Waals surface area (Å²) < 4.78 is 4.98. The summed E-state index contributed by atoms with van der Waals surface area (Å²) in [5.41, 5.74) is 3.38. The summed E-state index contributed by atoms with van der Waals surface area (Å²) in [7, 11) is 0. The molecule has 1 amide bonds. The van der Waals surface area contributed by atoms with Gasteiger partial charge in [0.05, 0.1) is 12.5 Å². The quantitative estimate of drug-likeness (QED) is 0.583. The zero-order valence-corrected chi connectivity index (χ0v) is 10.6. The van der Waals surface area contributed by atoms with Crippen LogP contribution >= 0.6 is 0 Å². The Hall–Kier alpha value is -2.88. The van der Waals surface area contributed by atoms with Crippen molar-refractivity contribution in [3.8, 4) is 0 Å². The van der Waals surface area contributed by atoms with Crippen LogP contribution in [0.15, 0.2) is 70.4 Å². The molecular weight excluding hydrogens is 252 g/mol. The Balaban J connectivity index is 1.79. The molecule has 3 aromatic rings. The molecule has 1 aromatic heterocycles. The van der Waals surface area contributed by atoms with E-state index >= 15 is 0 Å². The minimum atomic E-state index is -0.369. The molecule has 3 rings (SSSR count). The van der Waals surface area contributed by atoms with Crippen LogP contribution in [0.1, 0.15) is 16.1 Å². The van der Waals surface area contributed by atoms with Crippen LogP contribution in [0.2, 0.25) is 0 Å². The molecule has 0 atom stereocenters. The Labute approximate surface area is 115 Å². The molecule has 1 heterocycles. The Kier molecular flexibility index (Phi) is 3.29. The molecule has 1 N–H and O–H groups in total. The lowest BCUT2D eigenvalue weighted by Crippen LogP contribution is -2.16. The van der Waals surface area contributed by atoms with Gasteiger partial charge >= 0.3 is 5.91 Å². The van der Waals surface area contributed by atoms with Crippen LogP contribution in [0.4, 0.5) is 0 Å². The summed E-state index contributed by atoms with van der Waals surface area (Å²) >= 11 is 0. The van der Waals surface area contributed by atoms with E-state index in [2.05, 4.69) is 10.5 Å². The summed E-state index contributed by atoms with van der Waals surface area (Å²) in [6.07, 6.45) is 3.08. The second-order valence-electron chi connectivity index (χ2n) is 4.24. The van der Waals surface area contributed by atoms with Crippen LogP contribution in [-0.2, 0) is 0 Å². The molecule has 20 heavy (non-hydrogen) atoms. The lowest BCUT2D eigenvalue weighted by Gasteiger charge is -2.01. The number of amides is 1. The Morgan fingerprint density at radius 1 is 1.05 bits per heavy atom. The maximum atomic E-state index is 11.6. The molecule has 0 radical (unpaired) electrons. The van der Waals surface area contributed by atoms with Crippen molar-refractivity contribution >= 4 is 22.9 Å². The first-order chi connectivity index (χ1) is 9.84. The van der Waals surface area contributed by atoms with Gasteiger partial charge in [0.1, 0.15) is 0 Å². The average molecular weight is 264 g/mol. The summed E-state index contributed by atoms with van der Waals surface area (Å²) in [6, 6.07) is 17.2. The number of nitrogens with zero attached hydrogens (tertiary/aromatic N) is 1. The number of fused-ring (bicyclic) bond motifs is 1. The number of carbonyl (C=O) groups excluding carboxylic acids is 1. The third kappa shape index (κ3) is 2.44. The van der Waals surface area contributed by atoms with E-state index in [9.17, 15) is 4.79 Å². The average Bonchev–Trinajstić information content (AvgIpc) is 3.02. The van der Waals surface area contributed by atoms with Gasteiger partial charge in [0.2, 0.25) is 0 Å². The van der Waals surface area contributed by atoms with Gasteiger partial charge < -0.3 is 4.42 Å². The van der Waals surface area contributed by atoms with E-state index in [0.717, 1.165) is 16.3 Å². The van der Waals surface area contributed by atoms with Crippen molar-refractivity contribution < 1.29 is 9.21 Å². The molecule has 0 bridgehead atoms. The Morgan fingerprint density at radius 2 is 1.90 bits per heavy atom. The van der Waals surface area contributed by atoms with Gasteiger partial charge in [-0.1, -0.05) is 42.5 Å². The minimum Gasteiger partial charge on any atom is -0.459 e. The van der Waals surface area contributed by atoms with Gasteiger partial charge in [0.25, 0.3) is 0 Å². The number of hydrazone groups is 1. The van der Waals surface area contributed by atoms with Crippen LogP contribution in [0.25, 0.3) is 10.8 Å². The minimum absolute atomic E-state index is 0.236. The van der Waals surface area contributed by atoms with Crippen molar-refractivity contribution in [3.63, 3.8) is 0 Å². The zero-order valence-electron chi connectivity index (χ0n) is 10.6. The van der Waals surface area contributed by atoms with E-state index in [1.165, 1.54) is 6.26 Å². The standard InChI is InChI=1S/C16H12N2O2/c19-16(15-9-4-10-20-15)18-17-11-13-7-3-6-12-5-1-2-8-14(12)13/h1-11H,(H,18,19)/b17-11-. The van der Waals surface area contributed by atoms with Gasteiger partial charge in [-0.25, -0.2) is 5.43 Å². The summed E-state index contributed by atoms with van der Waals surface area (Å²) in [5, 5.41) is 6.19. The predicted molar refractivity (Wildman–Crippen MR) is 77.7 cm³/mol. The Morgan fingerprint density at radius 3 is 2.75 bits per heavy atom. The molecule has 0 fully saturated rings. The van der Waals surface area contributed by atoms with Crippen molar-refractivity contribution in [2.45, 2.75) is 0 Å². The molecule has 0 unspecified atom stereocenters. The number of benzene rings is 2. The van der Waals surface area contributed by atoms with Crippen molar-refractivity contribution in [2.24, 2.45) is 5.10 Å². The number of rotatable bonds is 3. The number of nitrogens with one attached hydrogen (secondary N) is 1. The molecule has 0 aliphatic carbocycles. The SMILES string of the molecule is O=C(N/N=C\c1cccc2ccccc12)c1ccco1. The third-order valence-electron chi connectivity index (χ3n) is 2.94. The van der Waals surface area contributed by atoms with Crippen molar-refractivity contribution in [3.05, 3.63) is 72.2 Å². The van der Waals surface area contributed by atoms with Crippen LogP contribution in [0.3, 0.4) is 0 Å². The second kappa shape index (κ2) is 5.40. The molecule has 0 saturated heterocycles. The van der Waals surface area contributed by atoms with Crippen LogP contribution in [0, 0.1) is 0 Å². The van der Waals surface area contributed by atoms with E-state index in [4.69, 9.17) is 4.42 Å². The lowest BCUT2D eigenvalue weighted by atomic mass is 10.1. The number of hydrogen-bond donors (Lipinski definition) is 1. The fourth-order valence-electron chi connectivity index (χ4n) is 1.99. The van der Waals surface area contributed by atoms with Gasteiger partial charge in [-0.2, -0.15) is 5.10 Å². The largest absolute Gasteiger partial charge is 0.459 e. The fraction of sp³-hybridized carbons (Fsp3) is 0. The maximum absolute atomic E-state index is 11.6. The third-order valence-corrected chi connectivity index (χ3v) is 2.94. The molecule has 0 aliphatic rings. The highest BCUT2D eigenvalue weighted by atomic mass is 16.3. The summed E-state index contributed by atoms with van der Waals surface area (Å²) in [6.45, 7) is 0. The fourth-order valence-corrected chi connectivity index (χ4v) is 1.99.